The molecule has 3 rings (SSSR count). The van der Waals surface area contributed by atoms with Crippen molar-refractivity contribution in [3.8, 4) is 5.75 Å². The summed E-state index contributed by atoms with van der Waals surface area (Å²) in [5.74, 6) is 0.803. The van der Waals surface area contributed by atoms with Crippen LogP contribution in [0.2, 0.25) is 0 Å². The van der Waals surface area contributed by atoms with Gasteiger partial charge in [-0.3, -0.25) is 4.79 Å². The van der Waals surface area contributed by atoms with E-state index in [9.17, 15) is 4.79 Å². The standard InChI is InChI=1S/C16H18N2O2/c1-20-15-10-12(9-11-5-2-3-6-13(11)15)18-16(19)14-7-4-8-17-14/h2-3,5-6,9-10,14,17H,4,7-8H2,1H3,(H,18,19)/t14-/m0/s1. The number of anilines is 1. The molecule has 104 valence electrons. The minimum Gasteiger partial charge on any atom is -0.496 e. The van der Waals surface area contributed by atoms with Gasteiger partial charge in [-0.05, 0) is 30.8 Å². The van der Waals surface area contributed by atoms with Crippen molar-refractivity contribution >= 4 is 22.4 Å². The highest BCUT2D eigenvalue weighted by atomic mass is 16.5. The van der Waals surface area contributed by atoms with E-state index in [1.54, 1.807) is 7.11 Å². The Hall–Kier alpha value is -2.07. The molecule has 0 aliphatic carbocycles. The number of carbonyl (C=O) groups is 1. The molecule has 2 aromatic rings. The second-order valence-electron chi connectivity index (χ2n) is 5.04. The zero-order valence-corrected chi connectivity index (χ0v) is 11.5. The third-order valence-electron chi connectivity index (χ3n) is 3.69. The van der Waals surface area contributed by atoms with E-state index in [-0.39, 0.29) is 11.9 Å². The normalized spacial score (nSPS) is 18.1. The quantitative estimate of drug-likeness (QED) is 0.901. The third-order valence-corrected chi connectivity index (χ3v) is 3.69. The first-order valence-corrected chi connectivity index (χ1v) is 6.89. The highest BCUT2D eigenvalue weighted by Gasteiger charge is 2.22. The lowest BCUT2D eigenvalue weighted by atomic mass is 10.1. The molecule has 1 saturated heterocycles. The van der Waals surface area contributed by atoms with E-state index in [2.05, 4.69) is 10.6 Å². The predicted molar refractivity (Wildman–Crippen MR) is 80.2 cm³/mol. The van der Waals surface area contributed by atoms with Crippen molar-refractivity contribution in [1.82, 2.24) is 5.32 Å². The number of ether oxygens (including phenoxy) is 1. The number of carbonyl (C=O) groups excluding carboxylic acids is 1. The second kappa shape index (κ2) is 5.51. The van der Waals surface area contributed by atoms with Crippen LogP contribution >= 0.6 is 0 Å². The Morgan fingerprint density at radius 3 is 2.95 bits per heavy atom. The Morgan fingerprint density at radius 2 is 2.20 bits per heavy atom. The number of amides is 1. The van der Waals surface area contributed by atoms with Gasteiger partial charge in [-0.1, -0.05) is 24.3 Å². The number of nitrogens with one attached hydrogen (secondary N) is 2. The minimum absolute atomic E-state index is 0.0276. The Labute approximate surface area is 118 Å². The van der Waals surface area contributed by atoms with Gasteiger partial charge in [-0.25, -0.2) is 0 Å². The Balaban J connectivity index is 1.89. The Kier molecular flexibility index (Phi) is 3.56. The maximum Gasteiger partial charge on any atom is 0.241 e. The highest BCUT2D eigenvalue weighted by molar-refractivity contribution is 5.99. The molecule has 20 heavy (non-hydrogen) atoms. The number of rotatable bonds is 3. The molecule has 0 spiro atoms. The maximum absolute atomic E-state index is 12.1. The van der Waals surface area contributed by atoms with Crippen molar-refractivity contribution in [2.75, 3.05) is 19.0 Å². The zero-order valence-electron chi connectivity index (χ0n) is 11.5. The molecule has 1 atom stereocenters. The summed E-state index contributed by atoms with van der Waals surface area (Å²) in [4.78, 5) is 12.1. The number of hydrogen-bond acceptors (Lipinski definition) is 3. The third kappa shape index (κ3) is 2.47. The van der Waals surface area contributed by atoms with Gasteiger partial charge in [0.25, 0.3) is 0 Å². The molecule has 2 N–H and O–H groups in total. The molecule has 1 amide bonds. The molecule has 1 aliphatic rings. The molecular weight excluding hydrogens is 252 g/mol. The van der Waals surface area contributed by atoms with Crippen LogP contribution < -0.4 is 15.4 Å². The summed E-state index contributed by atoms with van der Waals surface area (Å²) >= 11 is 0. The van der Waals surface area contributed by atoms with Gasteiger partial charge in [0, 0.05) is 17.1 Å². The minimum atomic E-state index is -0.0764. The van der Waals surface area contributed by atoms with Crippen LogP contribution in [0.25, 0.3) is 10.8 Å². The van der Waals surface area contributed by atoms with Gasteiger partial charge in [0.2, 0.25) is 5.91 Å². The van der Waals surface area contributed by atoms with Crippen LogP contribution in [0.4, 0.5) is 5.69 Å². The van der Waals surface area contributed by atoms with Gasteiger partial charge in [0.1, 0.15) is 5.75 Å². The molecule has 4 heteroatoms. The van der Waals surface area contributed by atoms with Crippen LogP contribution in [0.3, 0.4) is 0 Å². The van der Waals surface area contributed by atoms with E-state index in [1.807, 2.05) is 36.4 Å². The van der Waals surface area contributed by atoms with Crippen LogP contribution in [0.5, 0.6) is 5.75 Å². The number of hydrogen-bond donors (Lipinski definition) is 2. The topological polar surface area (TPSA) is 50.4 Å². The molecule has 4 nitrogen and oxygen atoms in total. The van der Waals surface area contributed by atoms with Crippen LogP contribution in [-0.4, -0.2) is 25.6 Å². The van der Waals surface area contributed by atoms with Crippen molar-refractivity contribution in [2.24, 2.45) is 0 Å². The SMILES string of the molecule is COc1cc(NC(=O)[C@@H]2CCCN2)cc2ccccc12. The second-order valence-corrected chi connectivity index (χ2v) is 5.04. The van der Waals surface area contributed by atoms with Crippen molar-refractivity contribution < 1.29 is 9.53 Å². The van der Waals surface area contributed by atoms with Crippen molar-refractivity contribution in [1.29, 1.82) is 0 Å². The molecule has 0 radical (unpaired) electrons. The number of benzene rings is 2. The van der Waals surface area contributed by atoms with Crippen molar-refractivity contribution in [3.05, 3.63) is 36.4 Å². The van der Waals surface area contributed by atoms with Crippen LogP contribution in [0, 0.1) is 0 Å². The maximum atomic E-state index is 12.1. The van der Waals surface area contributed by atoms with Crippen LogP contribution in [-0.2, 0) is 4.79 Å². The predicted octanol–water partition coefficient (Wildman–Crippen LogP) is 2.54. The van der Waals surface area contributed by atoms with Crippen molar-refractivity contribution in [2.45, 2.75) is 18.9 Å². The zero-order chi connectivity index (χ0) is 13.9. The molecule has 0 bridgehead atoms. The lowest BCUT2D eigenvalue weighted by molar-refractivity contribution is -0.117. The highest BCUT2D eigenvalue weighted by Crippen LogP contribution is 2.29. The average molecular weight is 270 g/mol. The van der Waals surface area contributed by atoms with E-state index in [4.69, 9.17) is 4.74 Å². The Bertz CT molecular complexity index is 633. The molecule has 1 aliphatic heterocycles. The first kappa shape index (κ1) is 12.9. The van der Waals surface area contributed by atoms with Gasteiger partial charge in [-0.15, -0.1) is 0 Å². The largest absolute Gasteiger partial charge is 0.496 e. The number of methoxy groups -OCH3 is 1. The fourth-order valence-corrected chi connectivity index (χ4v) is 2.65. The lowest BCUT2D eigenvalue weighted by Gasteiger charge is -2.13. The molecule has 0 aromatic heterocycles. The van der Waals surface area contributed by atoms with Crippen LogP contribution in [0.15, 0.2) is 36.4 Å². The summed E-state index contributed by atoms with van der Waals surface area (Å²) in [6.07, 6.45) is 1.95. The molecule has 0 unspecified atom stereocenters. The first-order chi connectivity index (χ1) is 9.78. The van der Waals surface area contributed by atoms with Gasteiger partial charge >= 0.3 is 0 Å². The summed E-state index contributed by atoms with van der Waals surface area (Å²) in [6, 6.07) is 11.8. The number of fused-ring (bicyclic) bond motifs is 1. The summed E-state index contributed by atoms with van der Waals surface area (Å²) in [5.41, 5.74) is 0.777. The summed E-state index contributed by atoms with van der Waals surface area (Å²) in [5, 5.41) is 8.27. The summed E-state index contributed by atoms with van der Waals surface area (Å²) in [7, 11) is 1.64. The van der Waals surface area contributed by atoms with E-state index >= 15 is 0 Å². The molecule has 0 saturated carbocycles. The lowest BCUT2D eigenvalue weighted by Crippen LogP contribution is -2.35. The van der Waals surface area contributed by atoms with Crippen LogP contribution in [0.1, 0.15) is 12.8 Å². The average Bonchev–Trinajstić information content (AvgIpc) is 3.00. The van der Waals surface area contributed by atoms with E-state index < -0.39 is 0 Å². The Morgan fingerprint density at radius 1 is 1.35 bits per heavy atom. The summed E-state index contributed by atoms with van der Waals surface area (Å²) < 4.78 is 5.41. The van der Waals surface area contributed by atoms with E-state index in [0.29, 0.717) is 0 Å². The summed E-state index contributed by atoms with van der Waals surface area (Å²) in [6.45, 7) is 0.916. The molecule has 2 aromatic carbocycles. The fraction of sp³-hybridized carbons (Fsp3) is 0.312. The van der Waals surface area contributed by atoms with E-state index in [0.717, 1.165) is 41.6 Å². The van der Waals surface area contributed by atoms with E-state index in [1.165, 1.54) is 0 Å². The van der Waals surface area contributed by atoms with Gasteiger partial charge in [0.15, 0.2) is 0 Å². The van der Waals surface area contributed by atoms with Crippen molar-refractivity contribution in [3.63, 3.8) is 0 Å². The monoisotopic (exact) mass is 270 g/mol. The molecule has 1 heterocycles. The smallest absolute Gasteiger partial charge is 0.241 e. The van der Waals surface area contributed by atoms with Gasteiger partial charge in [-0.2, -0.15) is 0 Å². The first-order valence-electron chi connectivity index (χ1n) is 6.89. The fourth-order valence-electron chi connectivity index (χ4n) is 2.65. The van der Waals surface area contributed by atoms with Gasteiger partial charge in [0.05, 0.1) is 13.2 Å². The molecule has 1 fully saturated rings. The van der Waals surface area contributed by atoms with Gasteiger partial charge < -0.3 is 15.4 Å². The molecular formula is C16H18N2O2.